The van der Waals surface area contributed by atoms with E-state index in [0.29, 0.717) is 24.2 Å². The molecule has 3 aromatic rings. The molecule has 0 fully saturated rings. The molecule has 0 saturated carbocycles. The summed E-state index contributed by atoms with van der Waals surface area (Å²) in [6.45, 7) is 5.21. The zero-order valence-electron chi connectivity index (χ0n) is 14.9. The molecule has 136 valence electrons. The second-order valence-electron chi connectivity index (χ2n) is 5.64. The van der Waals surface area contributed by atoms with Crippen molar-refractivity contribution in [2.75, 3.05) is 24.8 Å². The van der Waals surface area contributed by atoms with Gasteiger partial charge >= 0.3 is 0 Å². The minimum absolute atomic E-state index is 0.547. The molecule has 0 amide bonds. The molecule has 0 aliphatic heterocycles. The quantitative estimate of drug-likeness (QED) is 0.371. The van der Waals surface area contributed by atoms with Crippen LogP contribution < -0.4 is 15.3 Å². The van der Waals surface area contributed by atoms with E-state index in [9.17, 15) is 0 Å². The summed E-state index contributed by atoms with van der Waals surface area (Å²) in [4.78, 5) is 0. The maximum absolute atomic E-state index is 6.13. The minimum Gasteiger partial charge on any atom is -0.494 e. The van der Waals surface area contributed by atoms with Gasteiger partial charge in [0.1, 0.15) is 11.5 Å². The first-order valence-corrected chi connectivity index (χ1v) is 9.42. The van der Waals surface area contributed by atoms with Gasteiger partial charge in [-0.3, -0.25) is 0 Å². The molecule has 0 aliphatic rings. The number of rotatable bonds is 8. The summed E-state index contributed by atoms with van der Waals surface area (Å²) in [7, 11) is 0. The van der Waals surface area contributed by atoms with E-state index in [0.717, 1.165) is 22.8 Å². The number of hydrogen-bond donors (Lipinski definition) is 1. The molecule has 0 bridgehead atoms. The summed E-state index contributed by atoms with van der Waals surface area (Å²) in [6, 6.07) is 15.6. The zero-order chi connectivity index (χ0) is 18.4. The highest BCUT2D eigenvalue weighted by Gasteiger charge is 2.11. The number of nitrogen functional groups attached to an aromatic ring is 1. The van der Waals surface area contributed by atoms with Gasteiger partial charge in [0, 0.05) is 11.3 Å². The second-order valence-corrected chi connectivity index (χ2v) is 6.71. The molecule has 0 unspecified atom stereocenters. The van der Waals surface area contributed by atoms with Crippen LogP contribution in [0.25, 0.3) is 11.4 Å². The predicted molar refractivity (Wildman–Crippen MR) is 104 cm³/mol. The van der Waals surface area contributed by atoms with Crippen molar-refractivity contribution in [1.29, 1.82) is 0 Å². The number of aromatic nitrogens is 3. The normalized spacial score (nSPS) is 10.7. The van der Waals surface area contributed by atoms with E-state index in [1.54, 1.807) is 0 Å². The molecule has 0 spiro atoms. The van der Waals surface area contributed by atoms with Crippen molar-refractivity contribution in [3.8, 4) is 22.9 Å². The first kappa shape index (κ1) is 18.1. The van der Waals surface area contributed by atoms with E-state index in [1.807, 2.05) is 62.4 Å². The van der Waals surface area contributed by atoms with Crippen LogP contribution in [0.2, 0.25) is 0 Å². The van der Waals surface area contributed by atoms with Gasteiger partial charge in [-0.2, -0.15) is 0 Å². The number of hydrogen-bond acceptors (Lipinski definition) is 6. The van der Waals surface area contributed by atoms with Gasteiger partial charge in [0.15, 0.2) is 5.82 Å². The lowest BCUT2D eigenvalue weighted by Gasteiger charge is -2.07. The Hall–Kier alpha value is -2.67. The van der Waals surface area contributed by atoms with E-state index >= 15 is 0 Å². The highest BCUT2D eigenvalue weighted by atomic mass is 32.2. The summed E-state index contributed by atoms with van der Waals surface area (Å²) in [5, 5.41) is 9.02. The number of thioether (sulfide) groups is 1. The number of benzene rings is 2. The summed E-state index contributed by atoms with van der Waals surface area (Å²) in [6.07, 6.45) is 0. The van der Waals surface area contributed by atoms with Crippen LogP contribution in [0.3, 0.4) is 0 Å². The SMILES string of the molecule is CCOc1ccc(OCCSc2nnc(-c3ccc(C)cc3)n2N)cc1. The molecule has 0 aliphatic carbocycles. The van der Waals surface area contributed by atoms with Gasteiger partial charge in [0.25, 0.3) is 0 Å². The maximum Gasteiger partial charge on any atom is 0.210 e. The third kappa shape index (κ3) is 4.49. The Bertz CT molecular complexity index is 832. The number of nitrogens with zero attached hydrogens (tertiary/aromatic N) is 3. The molecule has 0 radical (unpaired) electrons. The molecule has 7 heteroatoms. The van der Waals surface area contributed by atoms with Gasteiger partial charge in [-0.15, -0.1) is 10.2 Å². The first-order valence-electron chi connectivity index (χ1n) is 8.43. The molecule has 2 N–H and O–H groups in total. The van der Waals surface area contributed by atoms with Gasteiger partial charge < -0.3 is 15.3 Å². The van der Waals surface area contributed by atoms with Crippen molar-refractivity contribution in [3.05, 3.63) is 54.1 Å². The lowest BCUT2D eigenvalue weighted by atomic mass is 10.1. The molecule has 0 saturated heterocycles. The topological polar surface area (TPSA) is 75.2 Å². The lowest BCUT2D eigenvalue weighted by molar-refractivity contribution is 0.332. The average molecular weight is 370 g/mol. The van der Waals surface area contributed by atoms with E-state index in [-0.39, 0.29) is 0 Å². The fourth-order valence-electron chi connectivity index (χ4n) is 2.37. The Morgan fingerprint density at radius 2 is 1.62 bits per heavy atom. The van der Waals surface area contributed by atoms with Crippen LogP contribution in [0.15, 0.2) is 53.7 Å². The molecule has 1 aromatic heterocycles. The molecule has 26 heavy (non-hydrogen) atoms. The third-order valence-electron chi connectivity index (χ3n) is 3.69. The Morgan fingerprint density at radius 1 is 0.962 bits per heavy atom. The van der Waals surface area contributed by atoms with E-state index in [4.69, 9.17) is 15.3 Å². The van der Waals surface area contributed by atoms with Gasteiger partial charge in [-0.05, 0) is 38.1 Å². The van der Waals surface area contributed by atoms with Crippen LogP contribution in [0.5, 0.6) is 11.5 Å². The molecule has 1 heterocycles. The van der Waals surface area contributed by atoms with Crippen molar-refractivity contribution in [1.82, 2.24) is 14.9 Å². The number of ether oxygens (including phenoxy) is 2. The Morgan fingerprint density at radius 3 is 2.27 bits per heavy atom. The molecule has 2 aromatic carbocycles. The fraction of sp³-hybridized carbons (Fsp3) is 0.263. The molecular weight excluding hydrogens is 348 g/mol. The highest BCUT2D eigenvalue weighted by molar-refractivity contribution is 7.99. The Balaban J connectivity index is 1.51. The molecule has 0 atom stereocenters. The van der Waals surface area contributed by atoms with E-state index in [2.05, 4.69) is 10.2 Å². The van der Waals surface area contributed by atoms with Crippen molar-refractivity contribution in [3.63, 3.8) is 0 Å². The van der Waals surface area contributed by atoms with Crippen molar-refractivity contribution < 1.29 is 9.47 Å². The summed E-state index contributed by atoms with van der Waals surface area (Å²) >= 11 is 1.51. The number of nitrogens with two attached hydrogens (primary N) is 1. The minimum atomic E-state index is 0.547. The Kier molecular flexibility index (Phi) is 6.01. The van der Waals surface area contributed by atoms with Crippen LogP contribution in [0, 0.1) is 6.92 Å². The van der Waals surface area contributed by atoms with Crippen LogP contribution >= 0.6 is 11.8 Å². The fourth-order valence-corrected chi connectivity index (χ4v) is 3.04. The summed E-state index contributed by atoms with van der Waals surface area (Å²) in [5.41, 5.74) is 2.14. The van der Waals surface area contributed by atoms with Gasteiger partial charge in [0.05, 0.1) is 13.2 Å². The predicted octanol–water partition coefficient (Wildman–Crippen LogP) is 3.54. The molecule has 6 nitrogen and oxygen atoms in total. The van der Waals surface area contributed by atoms with Gasteiger partial charge in [-0.25, -0.2) is 4.68 Å². The standard InChI is InChI=1S/C19H22N4O2S/c1-3-24-16-8-10-17(11-9-16)25-12-13-26-19-22-21-18(23(19)20)15-6-4-14(2)5-7-15/h4-11H,3,12-13,20H2,1-2H3. The third-order valence-corrected chi connectivity index (χ3v) is 4.60. The monoisotopic (exact) mass is 370 g/mol. The van der Waals surface area contributed by atoms with Gasteiger partial charge in [-0.1, -0.05) is 41.6 Å². The molecule has 3 rings (SSSR count). The summed E-state index contributed by atoms with van der Waals surface area (Å²) < 4.78 is 12.7. The highest BCUT2D eigenvalue weighted by Crippen LogP contribution is 2.22. The first-order chi connectivity index (χ1) is 12.7. The van der Waals surface area contributed by atoms with Crippen molar-refractivity contribution in [2.24, 2.45) is 0 Å². The Labute approximate surface area is 157 Å². The van der Waals surface area contributed by atoms with Crippen LogP contribution in [-0.2, 0) is 0 Å². The van der Waals surface area contributed by atoms with Gasteiger partial charge in [0.2, 0.25) is 5.16 Å². The van der Waals surface area contributed by atoms with E-state index in [1.165, 1.54) is 22.0 Å². The molecular formula is C19H22N4O2S. The average Bonchev–Trinajstić information content (AvgIpc) is 3.02. The van der Waals surface area contributed by atoms with Crippen LogP contribution in [-0.4, -0.2) is 33.8 Å². The zero-order valence-corrected chi connectivity index (χ0v) is 15.7. The van der Waals surface area contributed by atoms with Crippen LogP contribution in [0.1, 0.15) is 12.5 Å². The maximum atomic E-state index is 6.13. The van der Waals surface area contributed by atoms with E-state index < -0.39 is 0 Å². The van der Waals surface area contributed by atoms with Crippen LogP contribution in [0.4, 0.5) is 0 Å². The van der Waals surface area contributed by atoms with Crippen molar-refractivity contribution in [2.45, 2.75) is 19.0 Å². The second kappa shape index (κ2) is 8.62. The number of aryl methyl sites for hydroxylation is 1. The van der Waals surface area contributed by atoms with Crippen molar-refractivity contribution >= 4 is 11.8 Å². The lowest BCUT2D eigenvalue weighted by Crippen LogP contribution is -2.12. The largest absolute Gasteiger partial charge is 0.494 e. The summed E-state index contributed by atoms with van der Waals surface area (Å²) in [5.74, 6) is 9.15. The smallest absolute Gasteiger partial charge is 0.210 e.